The second-order valence-electron chi connectivity index (χ2n) is 5.82. The van der Waals surface area contributed by atoms with Gasteiger partial charge in [-0.2, -0.15) is 0 Å². The molecule has 1 N–H and O–H groups in total. The summed E-state index contributed by atoms with van der Waals surface area (Å²) < 4.78 is 0. The summed E-state index contributed by atoms with van der Waals surface area (Å²) in [5.74, 6) is 0. The van der Waals surface area contributed by atoms with Gasteiger partial charge < -0.3 is 5.11 Å². The van der Waals surface area contributed by atoms with Gasteiger partial charge in [0.25, 0.3) is 0 Å². The molecule has 20 heavy (non-hydrogen) atoms. The molecular weight excluding hydrogens is 244 g/mol. The topological polar surface area (TPSA) is 20.2 Å². The Labute approximate surface area is 122 Å². The SMILES string of the molecule is Cc1ccccc1CC(O)c1c(C)c(C)cc(C)c1C. The van der Waals surface area contributed by atoms with Crippen molar-refractivity contribution in [3.63, 3.8) is 0 Å². The highest BCUT2D eigenvalue weighted by Crippen LogP contribution is 2.29. The molecule has 2 aromatic rings. The normalized spacial score (nSPS) is 12.5. The maximum atomic E-state index is 10.7. The monoisotopic (exact) mass is 268 g/mol. The predicted molar refractivity (Wildman–Crippen MR) is 85.2 cm³/mol. The second kappa shape index (κ2) is 5.80. The van der Waals surface area contributed by atoms with E-state index in [0.29, 0.717) is 6.42 Å². The van der Waals surface area contributed by atoms with Crippen molar-refractivity contribution < 1.29 is 5.11 Å². The van der Waals surface area contributed by atoms with E-state index >= 15 is 0 Å². The van der Waals surface area contributed by atoms with Crippen molar-refractivity contribution in [1.82, 2.24) is 0 Å². The summed E-state index contributed by atoms with van der Waals surface area (Å²) in [7, 11) is 0. The Morgan fingerprint density at radius 3 is 1.95 bits per heavy atom. The summed E-state index contributed by atoms with van der Waals surface area (Å²) in [6.07, 6.45) is 0.242. The van der Waals surface area contributed by atoms with E-state index in [2.05, 4.69) is 52.8 Å². The molecule has 2 aromatic carbocycles. The summed E-state index contributed by atoms with van der Waals surface area (Å²) >= 11 is 0. The minimum absolute atomic E-state index is 0.435. The van der Waals surface area contributed by atoms with Crippen molar-refractivity contribution >= 4 is 0 Å². The van der Waals surface area contributed by atoms with Crippen LogP contribution >= 0.6 is 0 Å². The van der Waals surface area contributed by atoms with E-state index < -0.39 is 6.10 Å². The van der Waals surface area contributed by atoms with E-state index in [9.17, 15) is 5.11 Å². The summed E-state index contributed by atoms with van der Waals surface area (Å²) in [6.45, 7) is 10.6. The van der Waals surface area contributed by atoms with E-state index in [4.69, 9.17) is 0 Å². The molecule has 106 valence electrons. The van der Waals surface area contributed by atoms with E-state index in [1.807, 2.05) is 12.1 Å². The van der Waals surface area contributed by atoms with Crippen LogP contribution < -0.4 is 0 Å². The highest BCUT2D eigenvalue weighted by molar-refractivity contribution is 5.45. The lowest BCUT2D eigenvalue weighted by Gasteiger charge is -2.21. The molecule has 0 saturated heterocycles. The van der Waals surface area contributed by atoms with Crippen LogP contribution in [0.2, 0.25) is 0 Å². The summed E-state index contributed by atoms with van der Waals surface area (Å²) in [6, 6.07) is 10.5. The fraction of sp³-hybridized carbons (Fsp3) is 0.368. The van der Waals surface area contributed by atoms with Crippen molar-refractivity contribution in [2.75, 3.05) is 0 Å². The van der Waals surface area contributed by atoms with Gasteiger partial charge in [-0.25, -0.2) is 0 Å². The molecule has 0 aliphatic carbocycles. The van der Waals surface area contributed by atoms with Gasteiger partial charge in [-0.05, 0) is 73.6 Å². The van der Waals surface area contributed by atoms with Crippen molar-refractivity contribution in [2.45, 2.75) is 47.1 Å². The molecule has 0 radical (unpaired) electrons. The molecule has 1 unspecified atom stereocenters. The molecular formula is C19H24O. The molecule has 1 nitrogen and oxygen atoms in total. The van der Waals surface area contributed by atoms with Gasteiger partial charge in [0.2, 0.25) is 0 Å². The minimum Gasteiger partial charge on any atom is -0.388 e. The number of hydrogen-bond acceptors (Lipinski definition) is 1. The lowest BCUT2D eigenvalue weighted by atomic mass is 9.88. The molecule has 0 spiro atoms. The van der Waals surface area contributed by atoms with Gasteiger partial charge in [-0.15, -0.1) is 0 Å². The quantitative estimate of drug-likeness (QED) is 0.868. The molecule has 2 rings (SSSR count). The molecule has 0 aliphatic rings. The number of aliphatic hydroxyl groups excluding tert-OH is 1. The molecule has 0 fully saturated rings. The molecule has 1 atom stereocenters. The van der Waals surface area contributed by atoms with Crippen molar-refractivity contribution in [3.8, 4) is 0 Å². The molecule has 0 aliphatic heterocycles. The predicted octanol–water partition coefficient (Wildman–Crippen LogP) is 4.50. The van der Waals surface area contributed by atoms with Crippen molar-refractivity contribution in [1.29, 1.82) is 0 Å². The van der Waals surface area contributed by atoms with E-state index in [1.165, 1.54) is 33.4 Å². The van der Waals surface area contributed by atoms with Gasteiger partial charge in [-0.1, -0.05) is 30.3 Å². The van der Waals surface area contributed by atoms with Gasteiger partial charge in [0.05, 0.1) is 6.10 Å². The average molecular weight is 268 g/mol. The fourth-order valence-corrected chi connectivity index (χ4v) is 2.90. The lowest BCUT2D eigenvalue weighted by molar-refractivity contribution is 0.176. The van der Waals surface area contributed by atoms with E-state index in [1.54, 1.807) is 0 Å². The van der Waals surface area contributed by atoms with Crippen molar-refractivity contribution in [3.05, 3.63) is 69.3 Å². The summed E-state index contributed by atoms with van der Waals surface area (Å²) in [5.41, 5.74) is 8.51. The fourth-order valence-electron chi connectivity index (χ4n) is 2.90. The Hall–Kier alpha value is -1.60. The van der Waals surface area contributed by atoms with E-state index in [-0.39, 0.29) is 0 Å². The standard InChI is InChI=1S/C19H24O/c1-12-8-6-7-9-17(12)11-18(20)19-15(4)13(2)10-14(3)16(19)5/h6-10,18,20H,11H2,1-5H3. The van der Waals surface area contributed by atoms with Crippen LogP contribution in [-0.2, 0) is 6.42 Å². The number of rotatable bonds is 3. The van der Waals surface area contributed by atoms with Gasteiger partial charge >= 0.3 is 0 Å². The molecule has 0 amide bonds. The number of aryl methyl sites for hydroxylation is 3. The maximum Gasteiger partial charge on any atom is 0.0835 e. The Morgan fingerprint density at radius 2 is 1.40 bits per heavy atom. The minimum atomic E-state index is -0.435. The highest BCUT2D eigenvalue weighted by atomic mass is 16.3. The Morgan fingerprint density at radius 1 is 0.850 bits per heavy atom. The Bertz CT molecular complexity index is 600. The maximum absolute atomic E-state index is 10.7. The average Bonchev–Trinajstić information content (AvgIpc) is 2.39. The number of hydrogen-bond donors (Lipinski definition) is 1. The number of benzene rings is 2. The molecule has 0 saturated carbocycles. The first-order chi connectivity index (χ1) is 9.41. The Balaban J connectivity index is 2.40. The van der Waals surface area contributed by atoms with Crippen LogP contribution in [0.1, 0.15) is 45.0 Å². The first kappa shape index (κ1) is 14.8. The number of aliphatic hydroxyl groups is 1. The first-order valence-electron chi connectivity index (χ1n) is 7.21. The van der Waals surface area contributed by atoms with Gasteiger partial charge in [0.1, 0.15) is 0 Å². The van der Waals surface area contributed by atoms with Crippen LogP contribution in [0.25, 0.3) is 0 Å². The smallest absolute Gasteiger partial charge is 0.0835 e. The van der Waals surface area contributed by atoms with Gasteiger partial charge in [0, 0.05) is 6.42 Å². The third kappa shape index (κ3) is 2.78. The molecule has 1 heteroatoms. The third-order valence-electron chi connectivity index (χ3n) is 4.43. The first-order valence-corrected chi connectivity index (χ1v) is 7.21. The largest absolute Gasteiger partial charge is 0.388 e. The van der Waals surface area contributed by atoms with Crippen molar-refractivity contribution in [2.24, 2.45) is 0 Å². The summed E-state index contributed by atoms with van der Waals surface area (Å²) in [5, 5.41) is 10.7. The zero-order valence-corrected chi connectivity index (χ0v) is 13.1. The highest BCUT2D eigenvalue weighted by Gasteiger charge is 2.17. The van der Waals surface area contributed by atoms with Crippen LogP contribution in [0, 0.1) is 34.6 Å². The Kier molecular flexibility index (Phi) is 4.29. The summed E-state index contributed by atoms with van der Waals surface area (Å²) in [4.78, 5) is 0. The zero-order valence-electron chi connectivity index (χ0n) is 13.1. The van der Waals surface area contributed by atoms with E-state index in [0.717, 1.165) is 5.56 Å². The van der Waals surface area contributed by atoms with Crippen LogP contribution in [0.15, 0.2) is 30.3 Å². The molecule has 0 heterocycles. The zero-order chi connectivity index (χ0) is 14.9. The lowest BCUT2D eigenvalue weighted by Crippen LogP contribution is -2.09. The molecule has 0 aromatic heterocycles. The molecule has 0 bridgehead atoms. The van der Waals surface area contributed by atoms with Crippen LogP contribution in [0.3, 0.4) is 0 Å². The van der Waals surface area contributed by atoms with Gasteiger partial charge in [-0.3, -0.25) is 0 Å². The third-order valence-corrected chi connectivity index (χ3v) is 4.43. The van der Waals surface area contributed by atoms with Gasteiger partial charge in [0.15, 0.2) is 0 Å². The van der Waals surface area contributed by atoms with Crippen LogP contribution in [-0.4, -0.2) is 5.11 Å². The van der Waals surface area contributed by atoms with Crippen LogP contribution in [0.4, 0.5) is 0 Å². The second-order valence-corrected chi connectivity index (χ2v) is 5.82. The van der Waals surface area contributed by atoms with Crippen LogP contribution in [0.5, 0.6) is 0 Å².